The van der Waals surface area contributed by atoms with Crippen molar-refractivity contribution in [2.24, 2.45) is 0 Å². The maximum Gasteiger partial charge on any atom is 0.420 e. The third-order valence-corrected chi connectivity index (χ3v) is 3.57. The van der Waals surface area contributed by atoms with Crippen LogP contribution in [-0.4, -0.2) is 21.6 Å². The summed E-state index contributed by atoms with van der Waals surface area (Å²) < 4.78 is 29.1. The van der Waals surface area contributed by atoms with Crippen molar-refractivity contribution in [2.75, 3.05) is 7.11 Å². The maximum atomic E-state index is 11.6. The van der Waals surface area contributed by atoms with E-state index in [0.717, 1.165) is 12.7 Å². The summed E-state index contributed by atoms with van der Waals surface area (Å²) in [4.78, 5) is 10.7. The van der Waals surface area contributed by atoms with Crippen LogP contribution in [0.25, 0.3) is 0 Å². The van der Waals surface area contributed by atoms with Gasteiger partial charge in [-0.3, -0.25) is 0 Å². The van der Waals surface area contributed by atoms with Crippen molar-refractivity contribution in [2.45, 2.75) is 11.8 Å². The minimum absolute atomic E-state index is 0.0894. The number of hydrogen-bond donors (Lipinski definition) is 1. The molecule has 0 radical (unpaired) electrons. The molecular weight excluding hydrogens is 254 g/mol. The van der Waals surface area contributed by atoms with E-state index in [9.17, 15) is 13.2 Å². The standard InChI is InChI=1S/C9H10ClNO4S/c1-6-3-4-7(5-8(6)10)16(13,14)11-9(12)15-2/h3-5H,1-2H3,(H,11,12). The van der Waals surface area contributed by atoms with Crippen molar-refractivity contribution < 1.29 is 17.9 Å². The molecule has 1 amide bonds. The summed E-state index contributed by atoms with van der Waals surface area (Å²) in [6, 6.07) is 4.17. The van der Waals surface area contributed by atoms with Gasteiger partial charge in [-0.15, -0.1) is 0 Å². The Bertz CT molecular complexity index is 512. The Morgan fingerprint density at radius 2 is 2.06 bits per heavy atom. The highest BCUT2D eigenvalue weighted by Gasteiger charge is 2.18. The van der Waals surface area contributed by atoms with Crippen molar-refractivity contribution in [3.63, 3.8) is 0 Å². The average Bonchev–Trinajstić information content (AvgIpc) is 2.21. The first-order valence-electron chi connectivity index (χ1n) is 4.24. The fourth-order valence-electron chi connectivity index (χ4n) is 0.951. The number of aryl methyl sites for hydroxylation is 1. The van der Waals surface area contributed by atoms with Crippen LogP contribution in [0.3, 0.4) is 0 Å². The van der Waals surface area contributed by atoms with E-state index in [0.29, 0.717) is 5.02 Å². The monoisotopic (exact) mass is 263 g/mol. The number of carbonyl (C=O) groups excluding carboxylic acids is 1. The highest BCUT2D eigenvalue weighted by atomic mass is 35.5. The van der Waals surface area contributed by atoms with Gasteiger partial charge in [-0.1, -0.05) is 17.7 Å². The summed E-state index contributed by atoms with van der Waals surface area (Å²) in [5.41, 5.74) is 0.749. The van der Waals surface area contributed by atoms with E-state index in [1.165, 1.54) is 12.1 Å². The number of sulfonamides is 1. The van der Waals surface area contributed by atoms with Crippen molar-refractivity contribution in [3.8, 4) is 0 Å². The first-order valence-corrected chi connectivity index (χ1v) is 6.10. The van der Waals surface area contributed by atoms with Gasteiger partial charge in [-0.2, -0.15) is 0 Å². The Balaban J connectivity index is 3.08. The van der Waals surface area contributed by atoms with Gasteiger partial charge >= 0.3 is 6.09 Å². The molecule has 5 nitrogen and oxygen atoms in total. The largest absolute Gasteiger partial charge is 0.452 e. The summed E-state index contributed by atoms with van der Waals surface area (Å²) in [6.45, 7) is 1.74. The van der Waals surface area contributed by atoms with Crippen molar-refractivity contribution in [1.82, 2.24) is 4.72 Å². The molecule has 7 heteroatoms. The molecule has 1 rings (SSSR count). The Kier molecular flexibility index (Phi) is 3.77. The van der Waals surface area contributed by atoms with Crippen LogP contribution in [0.5, 0.6) is 0 Å². The molecule has 0 heterocycles. The van der Waals surface area contributed by atoms with E-state index >= 15 is 0 Å². The predicted octanol–water partition coefficient (Wildman–Crippen LogP) is 1.69. The topological polar surface area (TPSA) is 72.5 Å². The van der Waals surface area contributed by atoms with Crippen LogP contribution >= 0.6 is 11.6 Å². The minimum atomic E-state index is -3.92. The Hall–Kier alpha value is -1.27. The number of halogens is 1. The molecule has 0 atom stereocenters. The molecule has 0 aliphatic carbocycles. The van der Waals surface area contributed by atoms with E-state index in [4.69, 9.17) is 11.6 Å². The average molecular weight is 264 g/mol. The molecule has 1 N–H and O–H groups in total. The molecule has 0 aliphatic rings. The predicted molar refractivity (Wildman–Crippen MR) is 58.9 cm³/mol. The van der Waals surface area contributed by atoms with Gasteiger partial charge in [0.1, 0.15) is 0 Å². The molecule has 0 fully saturated rings. The fourth-order valence-corrected chi connectivity index (χ4v) is 2.14. The van der Waals surface area contributed by atoms with Crippen LogP contribution in [-0.2, 0) is 14.8 Å². The number of ether oxygens (including phenoxy) is 1. The molecule has 88 valence electrons. The van der Waals surface area contributed by atoms with Gasteiger partial charge in [-0.25, -0.2) is 17.9 Å². The third-order valence-electron chi connectivity index (χ3n) is 1.86. The summed E-state index contributed by atoms with van der Waals surface area (Å²) in [5, 5.41) is 0.313. The second kappa shape index (κ2) is 4.71. The first-order chi connectivity index (χ1) is 7.36. The highest BCUT2D eigenvalue weighted by molar-refractivity contribution is 7.90. The summed E-state index contributed by atoms with van der Waals surface area (Å²) in [5.74, 6) is 0. The molecule has 0 aliphatic heterocycles. The summed E-state index contributed by atoms with van der Waals surface area (Å²) >= 11 is 5.78. The van der Waals surface area contributed by atoms with Crippen LogP contribution in [0, 0.1) is 6.92 Å². The van der Waals surface area contributed by atoms with Gasteiger partial charge in [0, 0.05) is 5.02 Å². The molecule has 0 saturated heterocycles. The summed E-state index contributed by atoms with van der Waals surface area (Å²) in [6.07, 6.45) is -1.04. The lowest BCUT2D eigenvalue weighted by Gasteiger charge is -2.06. The number of amides is 1. The van der Waals surface area contributed by atoms with Gasteiger partial charge in [0.2, 0.25) is 0 Å². The second-order valence-electron chi connectivity index (χ2n) is 3.01. The molecule has 0 saturated carbocycles. The smallest absolute Gasteiger partial charge is 0.420 e. The Labute approximate surface area is 98.4 Å². The molecule has 0 unspecified atom stereocenters. The molecule has 1 aromatic carbocycles. The van der Waals surface area contributed by atoms with Gasteiger partial charge in [-0.05, 0) is 24.6 Å². The second-order valence-corrected chi connectivity index (χ2v) is 5.10. The SMILES string of the molecule is COC(=O)NS(=O)(=O)c1ccc(C)c(Cl)c1. The number of rotatable bonds is 2. The van der Waals surface area contributed by atoms with E-state index in [1.807, 2.05) is 0 Å². The maximum absolute atomic E-state index is 11.6. The molecule has 0 bridgehead atoms. The number of carbonyl (C=O) groups is 1. The zero-order chi connectivity index (χ0) is 12.3. The number of nitrogens with one attached hydrogen (secondary N) is 1. The highest BCUT2D eigenvalue weighted by Crippen LogP contribution is 2.19. The van der Waals surface area contributed by atoms with Gasteiger partial charge in [0.25, 0.3) is 10.0 Å². The number of benzene rings is 1. The Morgan fingerprint density at radius 3 is 2.56 bits per heavy atom. The van der Waals surface area contributed by atoms with Crippen LogP contribution in [0.15, 0.2) is 23.1 Å². The lowest BCUT2D eigenvalue weighted by Crippen LogP contribution is -2.30. The number of methoxy groups -OCH3 is 1. The van der Waals surface area contributed by atoms with E-state index in [1.54, 1.807) is 17.7 Å². The van der Waals surface area contributed by atoms with Crippen LogP contribution in [0.1, 0.15) is 5.56 Å². The van der Waals surface area contributed by atoms with Crippen LogP contribution in [0.2, 0.25) is 5.02 Å². The fraction of sp³-hybridized carbons (Fsp3) is 0.222. The van der Waals surface area contributed by atoms with Gasteiger partial charge < -0.3 is 4.74 Å². The van der Waals surface area contributed by atoms with Crippen LogP contribution in [0.4, 0.5) is 4.79 Å². The Morgan fingerprint density at radius 1 is 1.44 bits per heavy atom. The number of hydrogen-bond acceptors (Lipinski definition) is 4. The lowest BCUT2D eigenvalue weighted by molar-refractivity contribution is 0.177. The van der Waals surface area contributed by atoms with E-state index in [-0.39, 0.29) is 4.90 Å². The van der Waals surface area contributed by atoms with Gasteiger partial charge in [0.15, 0.2) is 0 Å². The normalized spacial score (nSPS) is 10.9. The molecule has 1 aromatic rings. The van der Waals surface area contributed by atoms with Crippen molar-refractivity contribution in [3.05, 3.63) is 28.8 Å². The van der Waals surface area contributed by atoms with E-state index in [2.05, 4.69) is 4.74 Å². The third kappa shape index (κ3) is 2.86. The molecular formula is C9H10ClNO4S. The molecule has 0 spiro atoms. The van der Waals surface area contributed by atoms with Crippen LogP contribution < -0.4 is 4.72 Å². The first kappa shape index (κ1) is 12.8. The lowest BCUT2D eigenvalue weighted by atomic mass is 10.2. The molecule has 0 aromatic heterocycles. The zero-order valence-electron chi connectivity index (χ0n) is 8.65. The summed E-state index contributed by atoms with van der Waals surface area (Å²) in [7, 11) is -2.84. The minimum Gasteiger partial charge on any atom is -0.452 e. The van der Waals surface area contributed by atoms with Crippen molar-refractivity contribution >= 4 is 27.7 Å². The molecule has 16 heavy (non-hydrogen) atoms. The van der Waals surface area contributed by atoms with Gasteiger partial charge in [0.05, 0.1) is 12.0 Å². The quantitative estimate of drug-likeness (QED) is 0.881. The van der Waals surface area contributed by atoms with Crippen molar-refractivity contribution in [1.29, 1.82) is 0 Å². The van der Waals surface area contributed by atoms with E-state index < -0.39 is 16.1 Å². The zero-order valence-corrected chi connectivity index (χ0v) is 10.2.